The van der Waals surface area contributed by atoms with Crippen LogP contribution < -0.4 is 10.9 Å². The van der Waals surface area contributed by atoms with Crippen LogP contribution in [-0.4, -0.2) is 15.7 Å². The lowest BCUT2D eigenvalue weighted by atomic mass is 9.87. The fraction of sp³-hybridized carbons (Fsp3) is 0.333. The summed E-state index contributed by atoms with van der Waals surface area (Å²) in [5, 5.41) is 5.52. The van der Waals surface area contributed by atoms with Crippen molar-refractivity contribution in [1.82, 2.24) is 9.78 Å². The molecule has 0 spiro atoms. The summed E-state index contributed by atoms with van der Waals surface area (Å²) in [6.45, 7) is 3.84. The quantitative estimate of drug-likeness (QED) is 0.891. The molecule has 2 N–H and O–H groups in total. The number of carbonyl (C=O) groups excluding carboxylic acids is 1. The van der Waals surface area contributed by atoms with E-state index in [1.54, 1.807) is 16.8 Å². The fourth-order valence-corrected chi connectivity index (χ4v) is 2.75. The molecule has 3 rings (SSSR count). The summed E-state index contributed by atoms with van der Waals surface area (Å²) in [7, 11) is 0. The van der Waals surface area contributed by atoms with Crippen LogP contribution >= 0.6 is 0 Å². The third-order valence-corrected chi connectivity index (χ3v) is 3.75. The molecule has 1 aromatic heterocycles. The van der Waals surface area contributed by atoms with Gasteiger partial charge in [-0.3, -0.25) is 19.4 Å². The number of halogens is 1. The van der Waals surface area contributed by atoms with Crippen LogP contribution in [0.5, 0.6) is 0 Å². The minimum absolute atomic E-state index is 0.0220. The highest BCUT2D eigenvalue weighted by atomic mass is 19.1. The summed E-state index contributed by atoms with van der Waals surface area (Å²) in [6.07, 6.45) is 0.184. The zero-order chi connectivity index (χ0) is 15.1. The Hall–Kier alpha value is -2.37. The second-order valence-corrected chi connectivity index (χ2v) is 5.52. The van der Waals surface area contributed by atoms with Gasteiger partial charge in [-0.2, -0.15) is 0 Å². The second kappa shape index (κ2) is 4.87. The number of hydrogen-bond acceptors (Lipinski definition) is 2. The highest BCUT2D eigenvalue weighted by Gasteiger charge is 2.32. The average Bonchev–Trinajstić information content (AvgIpc) is 2.76. The van der Waals surface area contributed by atoms with Crippen molar-refractivity contribution in [3.8, 4) is 0 Å². The lowest BCUT2D eigenvalue weighted by Crippen LogP contribution is -2.27. The van der Waals surface area contributed by atoms with Crippen molar-refractivity contribution in [1.29, 1.82) is 0 Å². The Kier molecular flexibility index (Phi) is 3.16. The molecule has 0 aliphatic carbocycles. The number of aromatic nitrogens is 2. The number of benzene rings is 1. The predicted octanol–water partition coefficient (Wildman–Crippen LogP) is 2.37. The Balaban J connectivity index is 2.16. The molecule has 0 fully saturated rings. The Morgan fingerprint density at radius 2 is 1.90 bits per heavy atom. The van der Waals surface area contributed by atoms with Crippen molar-refractivity contribution < 1.29 is 9.18 Å². The van der Waals surface area contributed by atoms with Crippen LogP contribution in [0.15, 0.2) is 29.1 Å². The van der Waals surface area contributed by atoms with Crippen molar-refractivity contribution in [2.45, 2.75) is 32.2 Å². The molecule has 1 atom stereocenters. The minimum atomic E-state index is -0.349. The van der Waals surface area contributed by atoms with Crippen LogP contribution in [0.2, 0.25) is 0 Å². The summed E-state index contributed by atoms with van der Waals surface area (Å²) in [5.41, 5.74) is 1.09. The summed E-state index contributed by atoms with van der Waals surface area (Å²) < 4.78 is 14.7. The van der Waals surface area contributed by atoms with Crippen LogP contribution in [0.3, 0.4) is 0 Å². The molecule has 0 radical (unpaired) electrons. The normalized spacial score (nSPS) is 17.7. The van der Waals surface area contributed by atoms with E-state index >= 15 is 0 Å². The molecule has 1 aliphatic heterocycles. The van der Waals surface area contributed by atoms with Crippen molar-refractivity contribution in [2.24, 2.45) is 0 Å². The highest BCUT2D eigenvalue weighted by molar-refractivity contribution is 5.94. The van der Waals surface area contributed by atoms with Crippen LogP contribution in [0.25, 0.3) is 0 Å². The Morgan fingerprint density at radius 3 is 2.52 bits per heavy atom. The molecular formula is C15H16FN3O2. The molecule has 0 unspecified atom stereocenters. The second-order valence-electron chi connectivity index (χ2n) is 5.52. The summed E-state index contributed by atoms with van der Waals surface area (Å²) in [4.78, 5) is 24.2. The van der Waals surface area contributed by atoms with Crippen LogP contribution in [0.4, 0.5) is 10.2 Å². The molecule has 5 nitrogen and oxygen atoms in total. The van der Waals surface area contributed by atoms with Crippen LogP contribution in [0.1, 0.15) is 43.4 Å². The van der Waals surface area contributed by atoms with E-state index in [-0.39, 0.29) is 35.7 Å². The van der Waals surface area contributed by atoms with Gasteiger partial charge < -0.3 is 5.32 Å². The smallest absolute Gasteiger partial charge is 0.270 e. The number of aromatic amines is 1. The van der Waals surface area contributed by atoms with Gasteiger partial charge in [0.25, 0.3) is 5.56 Å². The lowest BCUT2D eigenvalue weighted by molar-refractivity contribution is -0.116. The Bertz CT molecular complexity index is 743. The third kappa shape index (κ3) is 2.26. The molecule has 1 amide bonds. The van der Waals surface area contributed by atoms with Crippen molar-refractivity contribution in [3.05, 3.63) is 51.6 Å². The maximum atomic E-state index is 13.1. The predicted molar refractivity (Wildman–Crippen MR) is 76.9 cm³/mol. The standard InChI is InChI=1S/C15H16FN3O2/c1-8(2)19-14-13(15(21)18-19)11(7-12(20)17-14)9-3-5-10(16)6-4-9/h3-6,8,11H,7H2,1-2H3,(H,17,20)(H,18,21)/t11-/m1/s1. The van der Waals surface area contributed by atoms with Gasteiger partial charge in [-0.1, -0.05) is 12.1 Å². The first-order chi connectivity index (χ1) is 9.97. The van der Waals surface area contributed by atoms with Crippen LogP contribution in [0, 0.1) is 5.82 Å². The fourth-order valence-electron chi connectivity index (χ4n) is 2.75. The first-order valence-electron chi connectivity index (χ1n) is 6.87. The topological polar surface area (TPSA) is 66.9 Å². The van der Waals surface area contributed by atoms with E-state index in [1.807, 2.05) is 13.8 Å². The average molecular weight is 289 g/mol. The Labute approximate surface area is 120 Å². The summed E-state index contributed by atoms with van der Waals surface area (Å²) in [6, 6.07) is 5.95. The van der Waals surface area contributed by atoms with Crippen LogP contribution in [-0.2, 0) is 4.79 Å². The molecule has 2 heterocycles. The summed E-state index contributed by atoms with van der Waals surface area (Å²) in [5.74, 6) is -0.322. The molecule has 6 heteroatoms. The Morgan fingerprint density at radius 1 is 1.24 bits per heavy atom. The molecule has 1 aliphatic rings. The molecule has 1 aromatic carbocycles. The number of H-pyrrole nitrogens is 1. The van der Waals surface area contributed by atoms with Gasteiger partial charge in [-0.15, -0.1) is 0 Å². The van der Waals surface area contributed by atoms with Gasteiger partial charge in [-0.05, 0) is 31.5 Å². The summed E-state index contributed by atoms with van der Waals surface area (Å²) >= 11 is 0. The van der Waals surface area contributed by atoms with E-state index < -0.39 is 0 Å². The van der Waals surface area contributed by atoms with E-state index in [4.69, 9.17) is 0 Å². The molecular weight excluding hydrogens is 273 g/mol. The molecule has 0 saturated carbocycles. The van der Waals surface area contributed by atoms with Crippen molar-refractivity contribution in [3.63, 3.8) is 0 Å². The molecule has 0 bridgehead atoms. The van der Waals surface area contributed by atoms with E-state index in [2.05, 4.69) is 10.4 Å². The van der Waals surface area contributed by atoms with E-state index in [1.165, 1.54) is 12.1 Å². The zero-order valence-electron chi connectivity index (χ0n) is 11.8. The van der Waals surface area contributed by atoms with Gasteiger partial charge >= 0.3 is 0 Å². The first-order valence-corrected chi connectivity index (χ1v) is 6.87. The number of amides is 1. The van der Waals surface area contributed by atoms with E-state index in [9.17, 15) is 14.0 Å². The maximum Gasteiger partial charge on any atom is 0.270 e. The number of rotatable bonds is 2. The zero-order valence-corrected chi connectivity index (χ0v) is 11.8. The molecule has 21 heavy (non-hydrogen) atoms. The first kappa shape index (κ1) is 13.6. The minimum Gasteiger partial charge on any atom is -0.311 e. The molecule has 0 saturated heterocycles. The van der Waals surface area contributed by atoms with Gasteiger partial charge in [0.05, 0.1) is 5.56 Å². The van der Waals surface area contributed by atoms with Gasteiger partial charge in [-0.25, -0.2) is 4.39 Å². The van der Waals surface area contributed by atoms with Crippen molar-refractivity contribution in [2.75, 3.05) is 5.32 Å². The third-order valence-electron chi connectivity index (χ3n) is 3.75. The number of fused-ring (bicyclic) bond motifs is 1. The monoisotopic (exact) mass is 289 g/mol. The molecule has 2 aromatic rings. The number of carbonyl (C=O) groups is 1. The van der Waals surface area contributed by atoms with Crippen molar-refractivity contribution >= 4 is 11.7 Å². The number of hydrogen-bond donors (Lipinski definition) is 2. The van der Waals surface area contributed by atoms with Gasteiger partial charge in [0, 0.05) is 18.4 Å². The molecule has 110 valence electrons. The highest BCUT2D eigenvalue weighted by Crippen LogP contribution is 2.35. The number of nitrogens with zero attached hydrogens (tertiary/aromatic N) is 1. The lowest BCUT2D eigenvalue weighted by Gasteiger charge is -2.24. The van der Waals surface area contributed by atoms with E-state index in [0.717, 1.165) is 5.56 Å². The number of nitrogens with one attached hydrogen (secondary N) is 2. The SMILES string of the molecule is CC(C)n1[nH]c(=O)c2c1NC(=O)C[C@@H]2c1ccc(F)cc1. The van der Waals surface area contributed by atoms with Gasteiger partial charge in [0.1, 0.15) is 11.6 Å². The largest absolute Gasteiger partial charge is 0.311 e. The van der Waals surface area contributed by atoms with Gasteiger partial charge in [0.15, 0.2) is 0 Å². The van der Waals surface area contributed by atoms with E-state index in [0.29, 0.717) is 11.4 Å². The van der Waals surface area contributed by atoms with Gasteiger partial charge in [0.2, 0.25) is 5.91 Å². The number of anilines is 1. The maximum absolute atomic E-state index is 13.1.